The first-order chi connectivity index (χ1) is 11.1. The average molecular weight is 311 g/mol. The molecule has 0 spiro atoms. The molecule has 2 aromatic carbocycles. The highest BCUT2D eigenvalue weighted by Crippen LogP contribution is 2.22. The van der Waals surface area contributed by atoms with Crippen LogP contribution in [0.1, 0.15) is 22.8 Å². The largest absolute Gasteiger partial charge is 0.423 e. The van der Waals surface area contributed by atoms with Crippen molar-refractivity contribution < 1.29 is 19.1 Å². The van der Waals surface area contributed by atoms with Crippen LogP contribution in [0.25, 0.3) is 10.4 Å². The third-order valence-corrected chi connectivity index (χ3v) is 2.95. The molecule has 0 saturated carbocycles. The van der Waals surface area contributed by atoms with Crippen molar-refractivity contribution in [2.45, 2.75) is 13.3 Å². The van der Waals surface area contributed by atoms with Gasteiger partial charge in [0.25, 0.3) is 0 Å². The topological polar surface area (TPSA) is 101 Å². The Morgan fingerprint density at radius 1 is 1.13 bits per heavy atom. The van der Waals surface area contributed by atoms with Crippen LogP contribution in [0.3, 0.4) is 0 Å². The van der Waals surface area contributed by atoms with E-state index in [1.54, 1.807) is 30.3 Å². The van der Waals surface area contributed by atoms with Gasteiger partial charge in [-0.25, -0.2) is 9.59 Å². The second-order valence-electron chi connectivity index (χ2n) is 4.44. The van der Waals surface area contributed by atoms with E-state index in [1.165, 1.54) is 12.1 Å². The number of azide groups is 1. The fraction of sp³-hybridized carbons (Fsp3) is 0.125. The monoisotopic (exact) mass is 311 g/mol. The standard InChI is InChI=1S/C16H13N3O4/c1-2-11-6-5-7-12(10-11)22-15(20)13-8-3-4-9-14(13)23-16(21)18-19-17/h3-10H,2H2,1H3. The molecule has 2 rings (SSSR count). The first-order valence-corrected chi connectivity index (χ1v) is 6.81. The zero-order chi connectivity index (χ0) is 16.7. The minimum Gasteiger partial charge on any atom is -0.423 e. The molecule has 0 fully saturated rings. The van der Waals surface area contributed by atoms with E-state index in [-0.39, 0.29) is 11.3 Å². The number of hydrogen-bond acceptors (Lipinski definition) is 4. The minimum absolute atomic E-state index is 0.0402. The van der Waals surface area contributed by atoms with Crippen LogP contribution >= 0.6 is 0 Å². The van der Waals surface area contributed by atoms with Gasteiger partial charge in [-0.15, -0.1) is 0 Å². The van der Waals surface area contributed by atoms with Gasteiger partial charge in [0, 0.05) is 10.0 Å². The number of nitrogens with zero attached hydrogens (tertiary/aromatic N) is 3. The average Bonchev–Trinajstić information content (AvgIpc) is 2.55. The third kappa shape index (κ3) is 4.33. The molecule has 0 unspecified atom stereocenters. The summed E-state index contributed by atoms with van der Waals surface area (Å²) in [6.45, 7) is 1.99. The number of ether oxygens (including phenoxy) is 2. The van der Waals surface area contributed by atoms with E-state index in [4.69, 9.17) is 15.0 Å². The van der Waals surface area contributed by atoms with Gasteiger partial charge in [-0.2, -0.15) is 0 Å². The fourth-order valence-corrected chi connectivity index (χ4v) is 1.87. The molecule has 0 radical (unpaired) electrons. The Kier molecular flexibility index (Phi) is 5.33. The first kappa shape index (κ1) is 16.1. The van der Waals surface area contributed by atoms with E-state index in [1.807, 2.05) is 13.0 Å². The Bertz CT molecular complexity index is 782. The van der Waals surface area contributed by atoms with Gasteiger partial charge < -0.3 is 9.47 Å². The lowest BCUT2D eigenvalue weighted by atomic mass is 10.1. The number of rotatable bonds is 4. The van der Waals surface area contributed by atoms with Crippen LogP contribution in [-0.4, -0.2) is 12.1 Å². The zero-order valence-electron chi connectivity index (χ0n) is 12.3. The van der Waals surface area contributed by atoms with Crippen molar-refractivity contribution in [1.82, 2.24) is 0 Å². The van der Waals surface area contributed by atoms with E-state index in [2.05, 4.69) is 10.0 Å². The van der Waals surface area contributed by atoms with Crippen LogP contribution in [0.2, 0.25) is 0 Å². The lowest BCUT2D eigenvalue weighted by molar-refractivity contribution is 0.0732. The molecule has 1 amide bonds. The highest BCUT2D eigenvalue weighted by atomic mass is 16.6. The number of aryl methyl sites for hydroxylation is 1. The molecule has 0 saturated heterocycles. The predicted molar refractivity (Wildman–Crippen MR) is 82.4 cm³/mol. The normalized spacial score (nSPS) is 9.61. The molecular formula is C16H13N3O4. The molecule has 116 valence electrons. The number of para-hydroxylation sites is 1. The van der Waals surface area contributed by atoms with Gasteiger partial charge in [-0.1, -0.05) is 31.2 Å². The summed E-state index contributed by atoms with van der Waals surface area (Å²) in [7, 11) is 0. The summed E-state index contributed by atoms with van der Waals surface area (Å²) in [6, 6.07) is 13.2. The van der Waals surface area contributed by atoms with E-state index < -0.39 is 12.1 Å². The second kappa shape index (κ2) is 7.63. The summed E-state index contributed by atoms with van der Waals surface area (Å²) >= 11 is 0. The molecule has 0 aliphatic heterocycles. The highest BCUT2D eigenvalue weighted by molar-refractivity contribution is 5.94. The van der Waals surface area contributed by atoms with Crippen molar-refractivity contribution in [3.63, 3.8) is 0 Å². The summed E-state index contributed by atoms with van der Waals surface area (Å²) in [5.41, 5.74) is 9.28. The van der Waals surface area contributed by atoms with E-state index >= 15 is 0 Å². The lowest BCUT2D eigenvalue weighted by Crippen LogP contribution is -2.12. The van der Waals surface area contributed by atoms with Gasteiger partial charge in [-0.05, 0) is 41.8 Å². The maximum absolute atomic E-state index is 12.3. The number of amides is 1. The Balaban J connectivity index is 2.21. The van der Waals surface area contributed by atoms with Crippen LogP contribution in [0.4, 0.5) is 4.79 Å². The number of esters is 1. The van der Waals surface area contributed by atoms with Crippen molar-refractivity contribution in [2.24, 2.45) is 5.11 Å². The maximum Gasteiger partial charge on any atom is 0.402 e. The van der Waals surface area contributed by atoms with Gasteiger partial charge in [0.1, 0.15) is 17.1 Å². The van der Waals surface area contributed by atoms with Crippen LogP contribution in [0.5, 0.6) is 11.5 Å². The van der Waals surface area contributed by atoms with E-state index in [0.717, 1.165) is 12.0 Å². The summed E-state index contributed by atoms with van der Waals surface area (Å²) in [5.74, 6) is -0.324. The second-order valence-corrected chi connectivity index (χ2v) is 4.44. The van der Waals surface area contributed by atoms with Crippen molar-refractivity contribution in [3.05, 3.63) is 70.1 Å². The van der Waals surface area contributed by atoms with Crippen LogP contribution in [-0.2, 0) is 6.42 Å². The van der Waals surface area contributed by atoms with E-state index in [0.29, 0.717) is 5.75 Å². The van der Waals surface area contributed by atoms with E-state index in [9.17, 15) is 9.59 Å². The quantitative estimate of drug-likeness (QED) is 0.276. The number of carbonyl (C=O) groups is 2. The molecule has 0 atom stereocenters. The number of benzene rings is 2. The van der Waals surface area contributed by atoms with Crippen LogP contribution in [0.15, 0.2) is 53.6 Å². The van der Waals surface area contributed by atoms with Crippen LogP contribution < -0.4 is 9.47 Å². The molecular weight excluding hydrogens is 298 g/mol. The molecule has 0 bridgehead atoms. The summed E-state index contributed by atoms with van der Waals surface area (Å²) in [6.07, 6.45) is -0.341. The molecule has 0 N–H and O–H groups in total. The fourth-order valence-electron chi connectivity index (χ4n) is 1.87. The summed E-state index contributed by atoms with van der Waals surface area (Å²) < 4.78 is 10.1. The number of hydrogen-bond donors (Lipinski definition) is 0. The molecule has 0 aromatic heterocycles. The Morgan fingerprint density at radius 2 is 1.91 bits per heavy atom. The Morgan fingerprint density at radius 3 is 2.65 bits per heavy atom. The summed E-state index contributed by atoms with van der Waals surface area (Å²) in [5, 5.41) is 2.79. The Hall–Kier alpha value is -3.31. The van der Waals surface area contributed by atoms with Crippen molar-refractivity contribution >= 4 is 12.1 Å². The molecule has 0 aliphatic rings. The van der Waals surface area contributed by atoms with Gasteiger partial charge in [0.05, 0.1) is 0 Å². The van der Waals surface area contributed by atoms with Gasteiger partial charge >= 0.3 is 12.1 Å². The van der Waals surface area contributed by atoms with Crippen LogP contribution in [0, 0.1) is 0 Å². The maximum atomic E-state index is 12.3. The van der Waals surface area contributed by atoms with Gasteiger partial charge in [0.15, 0.2) is 0 Å². The minimum atomic E-state index is -1.15. The highest BCUT2D eigenvalue weighted by Gasteiger charge is 2.16. The van der Waals surface area contributed by atoms with Gasteiger partial charge in [-0.3, -0.25) is 0 Å². The molecule has 2 aromatic rings. The zero-order valence-corrected chi connectivity index (χ0v) is 12.3. The third-order valence-electron chi connectivity index (χ3n) is 2.95. The lowest BCUT2D eigenvalue weighted by Gasteiger charge is -2.09. The SMILES string of the molecule is CCc1cccc(OC(=O)c2ccccc2OC(=O)N=[N+]=[N-])c1. The molecule has 0 aliphatic carbocycles. The van der Waals surface area contributed by atoms with Crippen molar-refractivity contribution in [1.29, 1.82) is 0 Å². The smallest absolute Gasteiger partial charge is 0.402 e. The number of carbonyl (C=O) groups excluding carboxylic acids is 2. The predicted octanol–water partition coefficient (Wildman–Crippen LogP) is 4.28. The molecule has 7 nitrogen and oxygen atoms in total. The molecule has 7 heteroatoms. The molecule has 0 heterocycles. The first-order valence-electron chi connectivity index (χ1n) is 6.81. The van der Waals surface area contributed by atoms with Crippen molar-refractivity contribution in [3.8, 4) is 11.5 Å². The molecule has 23 heavy (non-hydrogen) atoms. The van der Waals surface area contributed by atoms with Crippen molar-refractivity contribution in [2.75, 3.05) is 0 Å². The van der Waals surface area contributed by atoms with Gasteiger partial charge in [0.2, 0.25) is 0 Å². The Labute approximate surface area is 132 Å². The summed E-state index contributed by atoms with van der Waals surface area (Å²) in [4.78, 5) is 25.8.